The number of phenolic OH excluding ortho intramolecular Hbond substituents is 4. The third-order valence-electron chi connectivity index (χ3n) is 8.11. The summed E-state index contributed by atoms with van der Waals surface area (Å²) in [5.41, 5.74) is 9.11. The molecule has 4 nitrogen and oxygen atoms in total. The zero-order valence-corrected chi connectivity index (χ0v) is 22.0. The molecule has 0 spiro atoms. The smallest absolute Gasteiger partial charge is 0.115 e. The van der Waals surface area contributed by atoms with Crippen molar-refractivity contribution in [2.75, 3.05) is 0 Å². The number of phenols is 4. The minimum Gasteiger partial charge on any atom is -0.508 e. The predicted octanol–water partition coefficient (Wildman–Crippen LogP) is 7.90. The molecule has 0 amide bonds. The maximum atomic E-state index is 10.3. The Morgan fingerprint density at radius 1 is 0.439 bits per heavy atom. The van der Waals surface area contributed by atoms with Gasteiger partial charge in [-0.15, -0.1) is 0 Å². The van der Waals surface area contributed by atoms with Gasteiger partial charge in [-0.05, 0) is 116 Å². The third-order valence-corrected chi connectivity index (χ3v) is 8.11. The van der Waals surface area contributed by atoms with Gasteiger partial charge < -0.3 is 20.4 Å². The zero-order chi connectivity index (χ0) is 28.1. The first kappa shape index (κ1) is 24.6. The first-order chi connectivity index (χ1) is 19.9. The van der Waals surface area contributed by atoms with E-state index < -0.39 is 5.41 Å². The minimum atomic E-state index is -0.880. The second kappa shape index (κ2) is 9.32. The van der Waals surface area contributed by atoms with E-state index in [1.165, 1.54) is 0 Å². The van der Waals surface area contributed by atoms with Crippen LogP contribution in [0.4, 0.5) is 0 Å². The summed E-state index contributed by atoms with van der Waals surface area (Å²) in [7, 11) is 0. The van der Waals surface area contributed by atoms with Gasteiger partial charge in [-0.25, -0.2) is 0 Å². The van der Waals surface area contributed by atoms with Crippen molar-refractivity contribution in [1.82, 2.24) is 0 Å². The standard InChI is InChI=1S/C37H26O4/c38-28-13-5-23(6-14-28)33-22-34-32-4-2-1-3-25(32)21-35(34)37(26-9-17-30(40)18-10-26,27-11-19-31(41)20-12-27)36(33)24-7-15-29(39)16-8-24/h1-22,38-41H. The molecule has 0 aliphatic heterocycles. The number of allylic oxidation sites excluding steroid dienone is 5. The molecular formula is C37H26O4. The topological polar surface area (TPSA) is 80.9 Å². The van der Waals surface area contributed by atoms with E-state index >= 15 is 0 Å². The van der Waals surface area contributed by atoms with Gasteiger partial charge in [0.2, 0.25) is 0 Å². The van der Waals surface area contributed by atoms with Gasteiger partial charge >= 0.3 is 0 Å². The fourth-order valence-electron chi connectivity index (χ4n) is 6.32. The van der Waals surface area contributed by atoms with Crippen molar-refractivity contribution in [2.24, 2.45) is 0 Å². The predicted molar refractivity (Wildman–Crippen MR) is 162 cm³/mol. The summed E-state index contributed by atoms with van der Waals surface area (Å²) in [5, 5.41) is 41.0. The average molecular weight is 535 g/mol. The molecular weight excluding hydrogens is 508 g/mol. The monoisotopic (exact) mass is 534 g/mol. The lowest BCUT2D eigenvalue weighted by molar-refractivity contribution is 0.474. The Kier molecular flexibility index (Phi) is 5.58. The van der Waals surface area contributed by atoms with Crippen molar-refractivity contribution in [1.29, 1.82) is 0 Å². The molecule has 0 radical (unpaired) electrons. The van der Waals surface area contributed by atoms with Crippen molar-refractivity contribution in [3.8, 4) is 23.0 Å². The van der Waals surface area contributed by atoms with E-state index in [9.17, 15) is 20.4 Å². The van der Waals surface area contributed by atoms with Crippen LogP contribution in [0.5, 0.6) is 23.0 Å². The Bertz CT molecular complexity index is 1830. The number of hydrogen-bond donors (Lipinski definition) is 4. The van der Waals surface area contributed by atoms with Crippen LogP contribution < -0.4 is 0 Å². The highest BCUT2D eigenvalue weighted by Crippen LogP contribution is 2.61. The Morgan fingerprint density at radius 2 is 0.902 bits per heavy atom. The lowest BCUT2D eigenvalue weighted by atomic mass is 9.57. The molecule has 4 heteroatoms. The van der Waals surface area contributed by atoms with Crippen LogP contribution in [-0.2, 0) is 5.41 Å². The first-order valence-electron chi connectivity index (χ1n) is 13.4. The summed E-state index contributed by atoms with van der Waals surface area (Å²) < 4.78 is 0. The van der Waals surface area contributed by atoms with Crippen LogP contribution in [0.1, 0.15) is 33.4 Å². The van der Waals surface area contributed by atoms with Crippen LogP contribution in [0.2, 0.25) is 0 Å². The van der Waals surface area contributed by atoms with Gasteiger partial charge in [0, 0.05) is 0 Å². The highest BCUT2D eigenvalue weighted by atomic mass is 16.3. The average Bonchev–Trinajstić information content (AvgIpc) is 3.37. The Labute approximate surface area is 237 Å². The van der Waals surface area contributed by atoms with Crippen LogP contribution >= 0.6 is 0 Å². The molecule has 0 saturated heterocycles. The van der Waals surface area contributed by atoms with Crippen LogP contribution in [0, 0.1) is 0 Å². The van der Waals surface area contributed by atoms with Crippen LogP contribution in [0.25, 0.3) is 22.8 Å². The molecule has 0 heterocycles. The molecule has 41 heavy (non-hydrogen) atoms. The third kappa shape index (κ3) is 3.84. The van der Waals surface area contributed by atoms with Crippen LogP contribution in [0.15, 0.2) is 133 Å². The first-order valence-corrected chi connectivity index (χ1v) is 13.4. The summed E-state index contributed by atoms with van der Waals surface area (Å²) in [5.74, 6) is 0.677. The number of hydrogen-bond acceptors (Lipinski definition) is 4. The number of fused-ring (bicyclic) bond motifs is 3. The summed E-state index contributed by atoms with van der Waals surface area (Å²) in [6, 6.07) is 37.3. The van der Waals surface area contributed by atoms with E-state index in [1.807, 2.05) is 60.7 Å². The van der Waals surface area contributed by atoms with Crippen molar-refractivity contribution in [3.63, 3.8) is 0 Å². The van der Waals surface area contributed by atoms with Gasteiger partial charge in [-0.1, -0.05) is 72.8 Å². The molecule has 0 atom stereocenters. The lowest BCUT2D eigenvalue weighted by Crippen LogP contribution is -2.34. The van der Waals surface area contributed by atoms with Crippen molar-refractivity contribution >= 4 is 22.8 Å². The van der Waals surface area contributed by atoms with E-state index in [-0.39, 0.29) is 23.0 Å². The minimum absolute atomic E-state index is 0.166. The normalized spacial score (nSPS) is 15.1. The van der Waals surface area contributed by atoms with Gasteiger partial charge in [0.25, 0.3) is 0 Å². The van der Waals surface area contributed by atoms with E-state index in [4.69, 9.17) is 0 Å². The lowest BCUT2D eigenvalue weighted by Gasteiger charge is -2.44. The molecule has 5 aromatic carbocycles. The van der Waals surface area contributed by atoms with E-state index in [0.717, 1.165) is 55.7 Å². The Morgan fingerprint density at radius 3 is 1.44 bits per heavy atom. The molecule has 0 aromatic heterocycles. The largest absolute Gasteiger partial charge is 0.508 e. The van der Waals surface area contributed by atoms with Gasteiger partial charge in [0.1, 0.15) is 23.0 Å². The maximum Gasteiger partial charge on any atom is 0.115 e. The summed E-state index contributed by atoms with van der Waals surface area (Å²) in [6.45, 7) is 0. The molecule has 2 aliphatic carbocycles. The van der Waals surface area contributed by atoms with Crippen molar-refractivity contribution in [3.05, 3.63) is 166 Å². The highest BCUT2D eigenvalue weighted by molar-refractivity contribution is 6.16. The Balaban J connectivity index is 1.70. The Hall–Kier alpha value is -5.48. The van der Waals surface area contributed by atoms with E-state index in [2.05, 4.69) is 24.3 Å². The fraction of sp³-hybridized carbons (Fsp3) is 0.0270. The van der Waals surface area contributed by atoms with Gasteiger partial charge in [0.05, 0.1) is 5.41 Å². The second-order valence-corrected chi connectivity index (χ2v) is 10.4. The fourth-order valence-corrected chi connectivity index (χ4v) is 6.32. The molecule has 0 fully saturated rings. The van der Waals surface area contributed by atoms with Crippen molar-refractivity contribution < 1.29 is 20.4 Å². The van der Waals surface area contributed by atoms with Crippen molar-refractivity contribution in [2.45, 2.75) is 5.41 Å². The van der Waals surface area contributed by atoms with E-state index in [0.29, 0.717) is 0 Å². The van der Waals surface area contributed by atoms with Gasteiger partial charge in [-0.2, -0.15) is 0 Å². The summed E-state index contributed by atoms with van der Waals surface area (Å²) >= 11 is 0. The zero-order valence-electron chi connectivity index (χ0n) is 22.0. The summed E-state index contributed by atoms with van der Waals surface area (Å²) in [6.07, 6.45) is 4.44. The van der Waals surface area contributed by atoms with Gasteiger partial charge in [0.15, 0.2) is 0 Å². The maximum absolute atomic E-state index is 10.3. The molecule has 198 valence electrons. The van der Waals surface area contributed by atoms with Crippen LogP contribution in [0.3, 0.4) is 0 Å². The second-order valence-electron chi connectivity index (χ2n) is 10.4. The summed E-state index contributed by atoms with van der Waals surface area (Å²) in [4.78, 5) is 0. The van der Waals surface area contributed by atoms with E-state index in [1.54, 1.807) is 48.5 Å². The number of rotatable bonds is 4. The molecule has 2 aliphatic rings. The molecule has 7 rings (SSSR count). The molecule has 5 aromatic rings. The molecule has 0 saturated carbocycles. The molecule has 4 N–H and O–H groups in total. The quantitative estimate of drug-likeness (QED) is 0.189. The van der Waals surface area contributed by atoms with Crippen LogP contribution in [-0.4, -0.2) is 20.4 Å². The molecule has 0 unspecified atom stereocenters. The molecule has 0 bridgehead atoms. The van der Waals surface area contributed by atoms with Gasteiger partial charge in [-0.3, -0.25) is 0 Å². The number of aromatic hydroxyl groups is 4. The highest BCUT2D eigenvalue weighted by Gasteiger charge is 2.49. The SMILES string of the molecule is Oc1ccc(C2=C(c3ccc(O)cc3)C(c3ccc(O)cc3)(c3ccc(O)cc3)C3=Cc4ccccc4C3=C2)cc1. The number of benzene rings is 5.